The Morgan fingerprint density at radius 3 is 2.38 bits per heavy atom. The standard InChI is InChI=1S/C20H27N3O.C4H6O4/c1-20(2,3)16-6-4-15(5-7-16)19-21-18(22-24-19)14-10-12-23(13-11-14)17-8-9-17;5-4(6)2-1-3-8-7/h4-7,14,17H,8-13H2,1-3H3;1-2,7H,3H2,(H,5,6)/b;2-1-. The van der Waals surface area contributed by atoms with Gasteiger partial charge in [0.05, 0.1) is 0 Å². The molecule has 1 saturated heterocycles. The number of carboxylic acids is 1. The van der Waals surface area contributed by atoms with Crippen LogP contribution in [-0.4, -0.2) is 57.1 Å². The molecular formula is C24H33N3O5. The van der Waals surface area contributed by atoms with E-state index in [1.165, 1.54) is 37.6 Å². The Hall–Kier alpha value is -2.55. The van der Waals surface area contributed by atoms with Crippen molar-refractivity contribution in [2.45, 2.75) is 63.8 Å². The van der Waals surface area contributed by atoms with E-state index in [1.54, 1.807) is 0 Å². The topological polar surface area (TPSA) is 109 Å². The highest BCUT2D eigenvalue weighted by molar-refractivity contribution is 5.79. The molecule has 0 unspecified atom stereocenters. The Kier molecular flexibility index (Phi) is 8.17. The number of likely N-dealkylation sites (tertiary alicyclic amines) is 1. The highest BCUT2D eigenvalue weighted by atomic mass is 17.1. The largest absolute Gasteiger partial charge is 0.478 e. The molecule has 2 aromatic rings. The van der Waals surface area contributed by atoms with Crippen LogP contribution in [0.4, 0.5) is 0 Å². The lowest BCUT2D eigenvalue weighted by atomic mass is 9.87. The van der Waals surface area contributed by atoms with Crippen LogP contribution in [0.3, 0.4) is 0 Å². The summed E-state index contributed by atoms with van der Waals surface area (Å²) < 4.78 is 5.54. The Bertz CT molecular complexity index is 889. The summed E-state index contributed by atoms with van der Waals surface area (Å²) in [7, 11) is 0. The fourth-order valence-electron chi connectivity index (χ4n) is 3.79. The van der Waals surface area contributed by atoms with Crippen LogP contribution >= 0.6 is 0 Å². The highest BCUT2D eigenvalue weighted by Crippen LogP contribution is 2.34. The van der Waals surface area contributed by atoms with Gasteiger partial charge in [-0.05, 0) is 68.0 Å². The third-order valence-corrected chi connectivity index (χ3v) is 5.83. The maximum atomic E-state index is 9.65. The molecule has 8 nitrogen and oxygen atoms in total. The lowest BCUT2D eigenvalue weighted by molar-refractivity contribution is -0.231. The molecule has 0 amide bonds. The van der Waals surface area contributed by atoms with Crippen molar-refractivity contribution in [1.82, 2.24) is 15.0 Å². The minimum absolute atomic E-state index is 0.0910. The van der Waals surface area contributed by atoms with Crippen LogP contribution in [-0.2, 0) is 15.1 Å². The maximum Gasteiger partial charge on any atom is 0.328 e. The summed E-state index contributed by atoms with van der Waals surface area (Å²) in [6, 6.07) is 9.37. The van der Waals surface area contributed by atoms with Gasteiger partial charge in [0.25, 0.3) is 5.89 Å². The van der Waals surface area contributed by atoms with Gasteiger partial charge in [-0.1, -0.05) is 38.1 Å². The lowest BCUT2D eigenvalue weighted by Gasteiger charge is -2.30. The smallest absolute Gasteiger partial charge is 0.328 e. The third kappa shape index (κ3) is 6.98. The van der Waals surface area contributed by atoms with Gasteiger partial charge in [-0.2, -0.15) is 4.98 Å². The predicted molar refractivity (Wildman–Crippen MR) is 120 cm³/mol. The number of hydrogen-bond acceptors (Lipinski definition) is 7. The van der Waals surface area contributed by atoms with E-state index in [0.717, 1.165) is 36.3 Å². The molecule has 1 aliphatic heterocycles. The molecule has 0 spiro atoms. The van der Waals surface area contributed by atoms with Crippen LogP contribution in [0, 0.1) is 0 Å². The zero-order valence-corrected chi connectivity index (χ0v) is 19.0. The van der Waals surface area contributed by atoms with Crippen molar-refractivity contribution in [3.63, 3.8) is 0 Å². The molecule has 4 rings (SSSR count). The number of piperidine rings is 1. The molecule has 1 saturated carbocycles. The summed E-state index contributed by atoms with van der Waals surface area (Å²) in [5.41, 5.74) is 2.49. The quantitative estimate of drug-likeness (QED) is 0.382. The van der Waals surface area contributed by atoms with Gasteiger partial charge in [-0.25, -0.2) is 9.68 Å². The SMILES string of the molecule is CC(C)(C)c1ccc(-c2nc(C3CCN(C4CC4)CC3)no2)cc1.O=C(O)/C=C\COO. The molecular weight excluding hydrogens is 410 g/mol. The molecule has 0 bridgehead atoms. The monoisotopic (exact) mass is 443 g/mol. The van der Waals surface area contributed by atoms with Gasteiger partial charge in [-0.3, -0.25) is 5.26 Å². The molecule has 32 heavy (non-hydrogen) atoms. The lowest BCUT2D eigenvalue weighted by Crippen LogP contribution is -2.34. The van der Waals surface area contributed by atoms with Crippen molar-refractivity contribution in [2.24, 2.45) is 0 Å². The molecule has 174 valence electrons. The number of hydrogen-bond donors (Lipinski definition) is 2. The van der Waals surface area contributed by atoms with Crippen LogP contribution in [0.2, 0.25) is 0 Å². The molecule has 2 N–H and O–H groups in total. The van der Waals surface area contributed by atoms with Crippen molar-refractivity contribution in [1.29, 1.82) is 0 Å². The Labute approximate surface area is 188 Å². The van der Waals surface area contributed by atoms with Gasteiger partial charge in [0, 0.05) is 23.6 Å². The van der Waals surface area contributed by atoms with Gasteiger partial charge < -0.3 is 14.5 Å². The van der Waals surface area contributed by atoms with E-state index >= 15 is 0 Å². The predicted octanol–water partition coefficient (Wildman–Crippen LogP) is 4.49. The molecule has 2 heterocycles. The number of benzene rings is 1. The average Bonchev–Trinajstić information content (AvgIpc) is 3.50. The molecule has 1 aromatic carbocycles. The molecule has 2 fully saturated rings. The molecule has 2 aliphatic rings. The second-order valence-corrected chi connectivity index (χ2v) is 9.36. The number of aromatic nitrogens is 2. The molecule has 1 aromatic heterocycles. The molecule has 1 aliphatic carbocycles. The van der Waals surface area contributed by atoms with Crippen molar-refractivity contribution in [3.8, 4) is 11.5 Å². The van der Waals surface area contributed by atoms with E-state index in [9.17, 15) is 4.79 Å². The van der Waals surface area contributed by atoms with Crippen LogP contribution in [0.25, 0.3) is 11.5 Å². The summed E-state index contributed by atoms with van der Waals surface area (Å²) in [5.74, 6) is 0.934. The Balaban J connectivity index is 0.000000312. The second kappa shape index (κ2) is 10.8. The van der Waals surface area contributed by atoms with Crippen LogP contribution in [0.5, 0.6) is 0 Å². The van der Waals surface area contributed by atoms with Gasteiger partial charge in [0.2, 0.25) is 0 Å². The van der Waals surface area contributed by atoms with E-state index in [0.29, 0.717) is 11.8 Å². The van der Waals surface area contributed by atoms with Crippen molar-refractivity contribution < 1.29 is 24.6 Å². The molecule has 0 radical (unpaired) electrons. The van der Waals surface area contributed by atoms with Crippen molar-refractivity contribution >= 4 is 5.97 Å². The Morgan fingerprint density at radius 2 is 1.84 bits per heavy atom. The first-order chi connectivity index (χ1) is 15.3. The number of rotatable bonds is 6. The van der Waals surface area contributed by atoms with Crippen LogP contribution in [0.1, 0.15) is 63.8 Å². The van der Waals surface area contributed by atoms with Gasteiger partial charge >= 0.3 is 5.97 Å². The minimum Gasteiger partial charge on any atom is -0.478 e. The first-order valence-corrected chi connectivity index (χ1v) is 11.1. The fourth-order valence-corrected chi connectivity index (χ4v) is 3.79. The summed E-state index contributed by atoms with van der Waals surface area (Å²) in [6.07, 6.45) is 7.15. The number of carboxylic acid groups (broad SMARTS) is 1. The summed E-state index contributed by atoms with van der Waals surface area (Å²) in [6.45, 7) is 8.94. The van der Waals surface area contributed by atoms with Gasteiger partial charge in [-0.15, -0.1) is 0 Å². The summed E-state index contributed by atoms with van der Waals surface area (Å²) >= 11 is 0. The Morgan fingerprint density at radius 1 is 1.19 bits per heavy atom. The fraction of sp³-hybridized carbons (Fsp3) is 0.542. The zero-order valence-electron chi connectivity index (χ0n) is 19.0. The molecule has 8 heteroatoms. The third-order valence-electron chi connectivity index (χ3n) is 5.83. The number of nitrogens with zero attached hydrogens (tertiary/aromatic N) is 3. The highest BCUT2D eigenvalue weighted by Gasteiger charge is 2.33. The summed E-state index contributed by atoms with van der Waals surface area (Å²) in [5, 5.41) is 19.8. The van der Waals surface area contributed by atoms with E-state index in [-0.39, 0.29) is 12.0 Å². The second-order valence-electron chi connectivity index (χ2n) is 9.36. The van der Waals surface area contributed by atoms with Crippen LogP contribution in [0.15, 0.2) is 40.9 Å². The normalized spacial score (nSPS) is 17.9. The zero-order chi connectivity index (χ0) is 23.1. The maximum absolute atomic E-state index is 9.65. The van der Waals surface area contributed by atoms with Crippen molar-refractivity contribution in [3.05, 3.63) is 47.8 Å². The summed E-state index contributed by atoms with van der Waals surface area (Å²) in [4.78, 5) is 20.5. The molecule has 0 atom stereocenters. The van der Waals surface area contributed by atoms with Gasteiger partial charge in [0.1, 0.15) is 6.61 Å². The van der Waals surface area contributed by atoms with Crippen LogP contribution < -0.4 is 0 Å². The number of aliphatic carboxylic acids is 1. The van der Waals surface area contributed by atoms with E-state index in [1.807, 2.05) is 0 Å². The number of carbonyl (C=O) groups is 1. The van der Waals surface area contributed by atoms with E-state index < -0.39 is 5.97 Å². The average molecular weight is 444 g/mol. The van der Waals surface area contributed by atoms with Crippen molar-refractivity contribution in [2.75, 3.05) is 19.7 Å². The minimum atomic E-state index is -1.05. The first-order valence-electron chi connectivity index (χ1n) is 11.1. The van der Waals surface area contributed by atoms with E-state index in [2.05, 4.69) is 65.0 Å². The van der Waals surface area contributed by atoms with Gasteiger partial charge in [0.15, 0.2) is 5.82 Å². The first kappa shape index (κ1) is 24.1. The van der Waals surface area contributed by atoms with E-state index in [4.69, 9.17) is 14.9 Å².